The third kappa shape index (κ3) is 3.95. The summed E-state index contributed by atoms with van der Waals surface area (Å²) >= 11 is 1.54. The molecule has 0 spiro atoms. The van der Waals surface area contributed by atoms with E-state index in [1.807, 2.05) is 19.9 Å². The van der Waals surface area contributed by atoms with Gasteiger partial charge in [0, 0.05) is 29.0 Å². The normalized spacial score (nSPS) is 17.6. The summed E-state index contributed by atoms with van der Waals surface area (Å²) in [5, 5.41) is 7.67. The molecule has 2 aromatic heterocycles. The van der Waals surface area contributed by atoms with Gasteiger partial charge < -0.3 is 19.8 Å². The molecular weight excluding hydrogens is 424 g/mol. The molecule has 1 saturated heterocycles. The molecule has 6 nitrogen and oxygen atoms in total. The molecule has 32 heavy (non-hydrogen) atoms. The first-order chi connectivity index (χ1) is 15.5. The van der Waals surface area contributed by atoms with E-state index in [0.717, 1.165) is 71.9 Å². The summed E-state index contributed by atoms with van der Waals surface area (Å²) in [4.78, 5) is 27.2. The molecule has 1 aromatic carbocycles. The third-order valence-corrected chi connectivity index (χ3v) is 7.82. The van der Waals surface area contributed by atoms with E-state index in [2.05, 4.69) is 16.7 Å². The van der Waals surface area contributed by atoms with Crippen molar-refractivity contribution >= 4 is 39.1 Å². The maximum Gasteiger partial charge on any atom is 0.254 e. The number of nitrogens with one attached hydrogen (secondary N) is 2. The summed E-state index contributed by atoms with van der Waals surface area (Å²) in [6.07, 6.45) is 6.88. The molecule has 1 atom stereocenters. The number of furan rings is 1. The molecule has 168 valence electrons. The van der Waals surface area contributed by atoms with E-state index in [0.29, 0.717) is 17.1 Å². The lowest BCUT2D eigenvalue weighted by Gasteiger charge is -2.12. The van der Waals surface area contributed by atoms with E-state index in [-0.39, 0.29) is 24.3 Å². The number of rotatable bonds is 6. The highest BCUT2D eigenvalue weighted by Crippen LogP contribution is 2.39. The first kappa shape index (κ1) is 21.2. The summed E-state index contributed by atoms with van der Waals surface area (Å²) in [7, 11) is 0. The van der Waals surface area contributed by atoms with Gasteiger partial charge in [0.2, 0.25) is 5.91 Å². The van der Waals surface area contributed by atoms with E-state index in [1.54, 1.807) is 6.26 Å². The molecule has 2 aliphatic rings. The highest BCUT2D eigenvalue weighted by molar-refractivity contribution is 7.17. The van der Waals surface area contributed by atoms with Crippen LogP contribution in [-0.4, -0.2) is 31.1 Å². The molecule has 2 N–H and O–H groups in total. The first-order valence-electron chi connectivity index (χ1n) is 11.3. The molecule has 1 aliphatic heterocycles. The second-order valence-corrected chi connectivity index (χ2v) is 9.88. The minimum Gasteiger partial charge on any atom is -0.464 e. The van der Waals surface area contributed by atoms with Crippen LogP contribution in [-0.2, 0) is 28.8 Å². The predicted molar refractivity (Wildman–Crippen MR) is 126 cm³/mol. The van der Waals surface area contributed by atoms with Gasteiger partial charge in [-0.25, -0.2) is 0 Å². The predicted octanol–water partition coefficient (Wildman–Crippen LogP) is 4.69. The standard InChI is InChI=1S/C25H28N2O4S/c1-14-8-9-18-16(13-31-23(18)15(14)2)11-21(28)27-25-22(19-6-3-7-20(19)32-25)24(29)26-12-17-5-4-10-30-17/h8-9,13,17H,3-7,10-12H2,1-2H3,(H,26,29)(H,27,28)/t17-/m0/s1. The van der Waals surface area contributed by atoms with Gasteiger partial charge in [0.05, 0.1) is 24.4 Å². The van der Waals surface area contributed by atoms with Gasteiger partial charge in [-0.3, -0.25) is 9.59 Å². The van der Waals surface area contributed by atoms with Crippen molar-refractivity contribution in [1.29, 1.82) is 0 Å². The van der Waals surface area contributed by atoms with Crippen LogP contribution in [0.4, 0.5) is 5.00 Å². The van der Waals surface area contributed by atoms with Gasteiger partial charge in [-0.1, -0.05) is 12.1 Å². The Morgan fingerprint density at radius 2 is 2.06 bits per heavy atom. The van der Waals surface area contributed by atoms with Crippen molar-refractivity contribution < 1.29 is 18.7 Å². The van der Waals surface area contributed by atoms with Crippen molar-refractivity contribution in [3.8, 4) is 0 Å². The van der Waals surface area contributed by atoms with Gasteiger partial charge in [0.1, 0.15) is 10.6 Å². The van der Waals surface area contributed by atoms with Crippen molar-refractivity contribution in [2.24, 2.45) is 0 Å². The SMILES string of the molecule is Cc1ccc2c(CC(=O)Nc3sc4c(c3C(=O)NC[C@@H]3CCCO3)CCC4)coc2c1C. The monoisotopic (exact) mass is 452 g/mol. The van der Waals surface area contributed by atoms with Gasteiger partial charge in [-0.05, 0) is 62.6 Å². The highest BCUT2D eigenvalue weighted by atomic mass is 32.1. The topological polar surface area (TPSA) is 80.6 Å². The summed E-state index contributed by atoms with van der Waals surface area (Å²) in [6, 6.07) is 4.06. The Morgan fingerprint density at radius 3 is 2.88 bits per heavy atom. The van der Waals surface area contributed by atoms with Crippen LogP contribution in [0.2, 0.25) is 0 Å². The molecule has 1 fully saturated rings. The average molecular weight is 453 g/mol. The first-order valence-corrected chi connectivity index (χ1v) is 12.1. The minimum absolute atomic E-state index is 0.0881. The van der Waals surface area contributed by atoms with Crippen LogP contribution in [0.15, 0.2) is 22.8 Å². The number of thiophene rings is 1. The number of benzene rings is 1. The number of hydrogen-bond donors (Lipinski definition) is 2. The molecule has 7 heteroatoms. The summed E-state index contributed by atoms with van der Waals surface area (Å²) < 4.78 is 11.4. The smallest absolute Gasteiger partial charge is 0.254 e. The van der Waals surface area contributed by atoms with Gasteiger partial charge in [0.25, 0.3) is 5.91 Å². The van der Waals surface area contributed by atoms with Crippen LogP contribution in [0.25, 0.3) is 11.0 Å². The Hall–Kier alpha value is -2.64. The van der Waals surface area contributed by atoms with Gasteiger partial charge in [-0.2, -0.15) is 0 Å². The zero-order chi connectivity index (χ0) is 22.2. The second-order valence-electron chi connectivity index (χ2n) is 8.78. The lowest BCUT2D eigenvalue weighted by molar-refractivity contribution is -0.115. The van der Waals surface area contributed by atoms with E-state index in [1.165, 1.54) is 16.2 Å². The Morgan fingerprint density at radius 1 is 1.19 bits per heavy atom. The van der Waals surface area contributed by atoms with E-state index < -0.39 is 0 Å². The third-order valence-electron chi connectivity index (χ3n) is 6.61. The fourth-order valence-corrected chi connectivity index (χ4v) is 6.00. The van der Waals surface area contributed by atoms with Crippen LogP contribution in [0.3, 0.4) is 0 Å². The number of carbonyl (C=O) groups is 2. The molecule has 0 radical (unpaired) electrons. The maximum atomic E-state index is 13.1. The number of anilines is 1. The lowest BCUT2D eigenvalue weighted by Crippen LogP contribution is -2.32. The zero-order valence-corrected chi connectivity index (χ0v) is 19.3. The Labute approximate surface area is 191 Å². The van der Waals surface area contributed by atoms with E-state index in [4.69, 9.17) is 9.15 Å². The van der Waals surface area contributed by atoms with Crippen LogP contribution >= 0.6 is 11.3 Å². The molecule has 3 aromatic rings. The van der Waals surface area contributed by atoms with Crippen LogP contribution in [0, 0.1) is 13.8 Å². The van der Waals surface area contributed by atoms with E-state index >= 15 is 0 Å². The number of aryl methyl sites for hydroxylation is 3. The van der Waals surface area contributed by atoms with Crippen LogP contribution < -0.4 is 10.6 Å². The summed E-state index contributed by atoms with van der Waals surface area (Å²) in [6.45, 7) is 5.35. The molecule has 1 aliphatic carbocycles. The zero-order valence-electron chi connectivity index (χ0n) is 18.5. The molecule has 0 unspecified atom stereocenters. The quantitative estimate of drug-likeness (QED) is 0.569. The Bertz CT molecular complexity index is 1190. The second kappa shape index (κ2) is 8.71. The van der Waals surface area contributed by atoms with Crippen molar-refractivity contribution in [2.45, 2.75) is 58.5 Å². The molecule has 2 amide bonds. The van der Waals surface area contributed by atoms with Crippen molar-refractivity contribution in [2.75, 3.05) is 18.5 Å². The number of amides is 2. The van der Waals surface area contributed by atoms with Crippen LogP contribution in [0.1, 0.15) is 56.8 Å². The molecule has 5 rings (SSSR count). The van der Waals surface area contributed by atoms with Crippen molar-refractivity contribution in [3.63, 3.8) is 0 Å². The van der Waals surface area contributed by atoms with Crippen molar-refractivity contribution in [3.05, 3.63) is 51.1 Å². The fourth-order valence-electron chi connectivity index (χ4n) is 4.70. The van der Waals surface area contributed by atoms with Gasteiger partial charge in [-0.15, -0.1) is 11.3 Å². The number of hydrogen-bond acceptors (Lipinski definition) is 5. The lowest BCUT2D eigenvalue weighted by atomic mass is 10.0. The summed E-state index contributed by atoms with van der Waals surface area (Å²) in [5.74, 6) is -0.255. The molecule has 0 bridgehead atoms. The highest BCUT2D eigenvalue weighted by Gasteiger charge is 2.28. The molecule has 3 heterocycles. The van der Waals surface area contributed by atoms with Gasteiger partial charge in [0.15, 0.2) is 0 Å². The van der Waals surface area contributed by atoms with Crippen molar-refractivity contribution in [1.82, 2.24) is 5.32 Å². The maximum absolute atomic E-state index is 13.1. The van der Waals surface area contributed by atoms with Crippen LogP contribution in [0.5, 0.6) is 0 Å². The largest absolute Gasteiger partial charge is 0.464 e. The van der Waals surface area contributed by atoms with Gasteiger partial charge >= 0.3 is 0 Å². The number of fused-ring (bicyclic) bond motifs is 2. The summed E-state index contributed by atoms with van der Waals surface area (Å²) in [5.41, 5.74) is 5.67. The molecule has 0 saturated carbocycles. The molecular formula is C25H28N2O4S. The Kier molecular flexibility index (Phi) is 5.78. The van der Waals surface area contributed by atoms with E-state index in [9.17, 15) is 9.59 Å². The average Bonchev–Trinajstić information content (AvgIpc) is 3.54. The number of carbonyl (C=O) groups excluding carboxylic acids is 2. The Balaban J connectivity index is 1.33. The minimum atomic E-state index is -0.140. The number of ether oxygens (including phenoxy) is 1. The fraction of sp³-hybridized carbons (Fsp3) is 0.440.